The van der Waals surface area contributed by atoms with Gasteiger partial charge in [0.25, 0.3) is 0 Å². The Morgan fingerprint density at radius 2 is 1.86 bits per heavy atom. The Morgan fingerprint density at radius 3 is 2.36 bits per heavy atom. The molecule has 0 amide bonds. The molecule has 1 aliphatic heterocycles. The number of hydrogen-bond acceptors (Lipinski definition) is 4. The van der Waals surface area contributed by atoms with E-state index in [9.17, 15) is 0 Å². The highest BCUT2D eigenvalue weighted by atomic mass is 79.9. The molecule has 74 valence electrons. The van der Waals surface area contributed by atoms with Gasteiger partial charge >= 0.3 is 0 Å². The van der Waals surface area contributed by atoms with E-state index in [1.807, 2.05) is 41.3 Å². The van der Waals surface area contributed by atoms with Gasteiger partial charge in [0.2, 0.25) is 0 Å². The Labute approximate surface area is 91.3 Å². The molecular formula is C9H11BrN4. The molecule has 1 heterocycles. The molecular weight excluding hydrogens is 244 g/mol. The molecule has 1 aromatic rings. The summed E-state index contributed by atoms with van der Waals surface area (Å²) >= 11 is 3.40. The predicted octanol–water partition coefficient (Wildman–Crippen LogP) is 2.83. The predicted molar refractivity (Wildman–Crippen MR) is 58.7 cm³/mol. The number of anilines is 1. The minimum atomic E-state index is 0.177. The number of halogens is 1. The van der Waals surface area contributed by atoms with Gasteiger partial charge in [-0.2, -0.15) is 0 Å². The van der Waals surface area contributed by atoms with Crippen LogP contribution in [-0.4, -0.2) is 18.2 Å². The van der Waals surface area contributed by atoms with Gasteiger partial charge < -0.3 is 0 Å². The van der Waals surface area contributed by atoms with Crippen LogP contribution in [0.1, 0.15) is 6.92 Å². The van der Waals surface area contributed by atoms with Crippen LogP contribution in [0.25, 0.3) is 0 Å². The third-order valence-corrected chi connectivity index (χ3v) is 2.79. The number of benzene rings is 1. The van der Waals surface area contributed by atoms with Gasteiger partial charge in [0.15, 0.2) is 0 Å². The molecule has 1 aliphatic rings. The molecule has 1 unspecified atom stereocenters. The lowest BCUT2D eigenvalue weighted by atomic mass is 10.3. The van der Waals surface area contributed by atoms with Crippen LogP contribution in [0.15, 0.2) is 39.2 Å². The smallest absolute Gasteiger partial charge is 0.139 e. The van der Waals surface area contributed by atoms with Gasteiger partial charge in [-0.15, -0.1) is 0 Å². The van der Waals surface area contributed by atoms with Crippen LogP contribution in [0.3, 0.4) is 0 Å². The molecule has 0 saturated carbocycles. The summed E-state index contributed by atoms with van der Waals surface area (Å²) in [5.41, 5.74) is 1.05. The van der Waals surface area contributed by atoms with Crippen LogP contribution < -0.4 is 5.01 Å². The van der Waals surface area contributed by atoms with Crippen molar-refractivity contribution in [1.29, 1.82) is 0 Å². The fourth-order valence-electron chi connectivity index (χ4n) is 1.28. The Bertz CT molecular complexity index is 348. The second-order valence-corrected chi connectivity index (χ2v) is 4.12. The van der Waals surface area contributed by atoms with Crippen LogP contribution in [0.2, 0.25) is 0 Å². The van der Waals surface area contributed by atoms with E-state index in [0.717, 1.165) is 10.2 Å². The average molecular weight is 255 g/mol. The fraction of sp³-hybridized carbons (Fsp3) is 0.333. The van der Waals surface area contributed by atoms with Gasteiger partial charge in [-0.05, 0) is 36.4 Å². The average Bonchev–Trinajstić information content (AvgIpc) is 2.50. The summed E-state index contributed by atoms with van der Waals surface area (Å²) in [7, 11) is 1.91. The third kappa shape index (κ3) is 1.59. The Hall–Kier alpha value is -1.10. The lowest BCUT2D eigenvalue weighted by molar-refractivity contribution is 0.303. The minimum Gasteiger partial charge on any atom is -0.256 e. The SMILES string of the molecule is CC1N(C)N=NN1c1ccc(Br)cc1. The van der Waals surface area contributed by atoms with Crippen molar-refractivity contribution < 1.29 is 0 Å². The Morgan fingerprint density at radius 1 is 1.21 bits per heavy atom. The van der Waals surface area contributed by atoms with Crippen molar-refractivity contribution in [1.82, 2.24) is 5.01 Å². The van der Waals surface area contributed by atoms with Crippen molar-refractivity contribution in [2.45, 2.75) is 13.1 Å². The molecule has 0 aliphatic carbocycles. The normalized spacial score (nSPS) is 20.6. The van der Waals surface area contributed by atoms with Crippen molar-refractivity contribution in [3.8, 4) is 0 Å². The fourth-order valence-corrected chi connectivity index (χ4v) is 1.54. The van der Waals surface area contributed by atoms with Gasteiger partial charge in [-0.1, -0.05) is 21.2 Å². The molecule has 0 saturated heterocycles. The second kappa shape index (κ2) is 3.57. The molecule has 0 aromatic heterocycles. The monoisotopic (exact) mass is 254 g/mol. The van der Waals surface area contributed by atoms with Gasteiger partial charge in [-0.25, -0.2) is 5.01 Å². The van der Waals surface area contributed by atoms with E-state index in [1.54, 1.807) is 0 Å². The van der Waals surface area contributed by atoms with Gasteiger partial charge in [-0.3, -0.25) is 5.01 Å². The lowest BCUT2D eigenvalue weighted by Gasteiger charge is -2.21. The molecule has 0 spiro atoms. The van der Waals surface area contributed by atoms with E-state index in [0.29, 0.717) is 0 Å². The largest absolute Gasteiger partial charge is 0.256 e. The summed E-state index contributed by atoms with van der Waals surface area (Å²) in [5.74, 6) is 0. The molecule has 4 nitrogen and oxygen atoms in total. The van der Waals surface area contributed by atoms with E-state index in [4.69, 9.17) is 0 Å². The Kier molecular flexibility index (Phi) is 2.41. The molecule has 1 atom stereocenters. The highest BCUT2D eigenvalue weighted by molar-refractivity contribution is 9.10. The lowest BCUT2D eigenvalue weighted by Crippen LogP contribution is -2.33. The highest BCUT2D eigenvalue weighted by Gasteiger charge is 2.23. The first-order valence-corrected chi connectivity index (χ1v) is 5.17. The zero-order valence-electron chi connectivity index (χ0n) is 8.05. The van der Waals surface area contributed by atoms with Gasteiger partial charge in [0, 0.05) is 11.5 Å². The molecule has 14 heavy (non-hydrogen) atoms. The standard InChI is InChI=1S/C9H11BrN4/c1-7-13(2)11-12-14(7)9-5-3-8(10)4-6-9/h3-7H,1-2H3. The second-order valence-electron chi connectivity index (χ2n) is 3.21. The minimum absolute atomic E-state index is 0.177. The Balaban J connectivity index is 2.24. The summed E-state index contributed by atoms with van der Waals surface area (Å²) in [6.45, 7) is 2.06. The summed E-state index contributed by atoms with van der Waals surface area (Å²) < 4.78 is 1.07. The van der Waals surface area contributed by atoms with Crippen LogP contribution in [0, 0.1) is 0 Å². The van der Waals surface area contributed by atoms with E-state index >= 15 is 0 Å². The maximum Gasteiger partial charge on any atom is 0.139 e. The first-order valence-electron chi connectivity index (χ1n) is 4.37. The van der Waals surface area contributed by atoms with Crippen LogP contribution in [0.4, 0.5) is 5.69 Å². The zero-order valence-corrected chi connectivity index (χ0v) is 9.64. The van der Waals surface area contributed by atoms with Crippen LogP contribution in [0.5, 0.6) is 0 Å². The van der Waals surface area contributed by atoms with Crippen molar-refractivity contribution in [2.24, 2.45) is 10.4 Å². The van der Waals surface area contributed by atoms with E-state index in [1.165, 1.54) is 0 Å². The maximum absolute atomic E-state index is 4.07. The van der Waals surface area contributed by atoms with E-state index in [2.05, 4.69) is 33.3 Å². The topological polar surface area (TPSA) is 31.2 Å². The van der Waals surface area contributed by atoms with Crippen molar-refractivity contribution in [3.63, 3.8) is 0 Å². The van der Waals surface area contributed by atoms with Crippen LogP contribution in [-0.2, 0) is 0 Å². The summed E-state index contributed by atoms with van der Waals surface area (Å²) in [6.07, 6.45) is 0.177. The quantitative estimate of drug-likeness (QED) is 0.772. The highest BCUT2D eigenvalue weighted by Crippen LogP contribution is 2.25. The molecule has 0 bridgehead atoms. The molecule has 0 N–H and O–H groups in total. The van der Waals surface area contributed by atoms with Crippen molar-refractivity contribution in [2.75, 3.05) is 12.1 Å². The van der Waals surface area contributed by atoms with Crippen LogP contribution >= 0.6 is 15.9 Å². The molecule has 5 heteroatoms. The molecule has 0 fully saturated rings. The van der Waals surface area contributed by atoms with E-state index in [-0.39, 0.29) is 6.17 Å². The molecule has 1 aromatic carbocycles. The molecule has 0 radical (unpaired) electrons. The first kappa shape index (κ1) is 9.45. The maximum atomic E-state index is 4.07. The van der Waals surface area contributed by atoms with Crippen molar-refractivity contribution >= 4 is 21.6 Å². The summed E-state index contributed by atoms with van der Waals surface area (Å²) in [6, 6.07) is 8.02. The van der Waals surface area contributed by atoms with Gasteiger partial charge in [0.05, 0.1) is 5.69 Å². The number of hydrogen-bond donors (Lipinski definition) is 0. The van der Waals surface area contributed by atoms with Gasteiger partial charge in [0.1, 0.15) is 6.17 Å². The molecule has 2 rings (SSSR count). The zero-order chi connectivity index (χ0) is 10.1. The first-order chi connectivity index (χ1) is 6.68. The summed E-state index contributed by atoms with van der Waals surface area (Å²) in [4.78, 5) is 0. The number of rotatable bonds is 1. The summed E-state index contributed by atoms with van der Waals surface area (Å²) in [5, 5.41) is 11.7. The number of nitrogens with zero attached hydrogens (tertiary/aromatic N) is 4. The van der Waals surface area contributed by atoms with Crippen molar-refractivity contribution in [3.05, 3.63) is 28.7 Å². The third-order valence-electron chi connectivity index (χ3n) is 2.26. The van der Waals surface area contributed by atoms with E-state index < -0.39 is 0 Å².